The highest BCUT2D eigenvalue weighted by Crippen LogP contribution is 2.48. The summed E-state index contributed by atoms with van der Waals surface area (Å²) >= 11 is 6.50. The lowest BCUT2D eigenvalue weighted by Crippen LogP contribution is -2.42. The molecule has 3 aromatic carbocycles. The van der Waals surface area contributed by atoms with Gasteiger partial charge in [0, 0.05) is 30.0 Å². The van der Waals surface area contributed by atoms with Crippen LogP contribution in [0.2, 0.25) is 5.02 Å². The molecular weight excluding hydrogens is 478 g/mol. The molecule has 7 heteroatoms. The van der Waals surface area contributed by atoms with Gasteiger partial charge in [-0.1, -0.05) is 54.1 Å². The van der Waals surface area contributed by atoms with Crippen LogP contribution in [0, 0.1) is 0 Å². The molecular formula is C29H24ClNO5. The minimum atomic E-state index is -1.12. The van der Waals surface area contributed by atoms with Crippen molar-refractivity contribution in [2.75, 3.05) is 12.0 Å². The monoisotopic (exact) mass is 501 g/mol. The summed E-state index contributed by atoms with van der Waals surface area (Å²) in [6.45, 7) is 0. The lowest BCUT2D eigenvalue weighted by Gasteiger charge is -2.41. The van der Waals surface area contributed by atoms with E-state index < -0.39 is 11.9 Å². The molecule has 6 nitrogen and oxygen atoms in total. The van der Waals surface area contributed by atoms with Crippen LogP contribution in [0.3, 0.4) is 0 Å². The first-order chi connectivity index (χ1) is 17.4. The summed E-state index contributed by atoms with van der Waals surface area (Å²) in [4.78, 5) is 40.5. The van der Waals surface area contributed by atoms with Crippen LogP contribution in [0.4, 0.5) is 5.69 Å². The molecule has 2 unspecified atom stereocenters. The Kier molecular flexibility index (Phi) is 6.37. The largest absolute Gasteiger partial charge is 0.497 e. The Hall–Kier alpha value is -3.90. The second-order valence-corrected chi connectivity index (χ2v) is 9.44. The lowest BCUT2D eigenvalue weighted by molar-refractivity contribution is -0.120. The van der Waals surface area contributed by atoms with Gasteiger partial charge < -0.3 is 9.84 Å². The third-order valence-electron chi connectivity index (χ3n) is 6.95. The number of carbonyl (C=O) groups is 3. The van der Waals surface area contributed by atoms with Crippen molar-refractivity contribution in [2.45, 2.75) is 31.1 Å². The van der Waals surface area contributed by atoms with E-state index in [1.54, 1.807) is 7.11 Å². The number of Topliss-reactive ketones (excluding diaryl/α,β-unsaturated/α-hetero) is 1. The number of aromatic carboxylic acids is 1. The van der Waals surface area contributed by atoms with E-state index in [1.165, 1.54) is 23.1 Å². The molecule has 5 rings (SSSR count). The molecule has 1 amide bonds. The van der Waals surface area contributed by atoms with E-state index in [4.69, 9.17) is 16.3 Å². The van der Waals surface area contributed by atoms with Crippen LogP contribution in [-0.4, -0.2) is 29.9 Å². The number of ether oxygens (including phenoxy) is 1. The maximum absolute atomic E-state index is 13.7. The summed E-state index contributed by atoms with van der Waals surface area (Å²) in [6.07, 6.45) is 0.859. The molecule has 0 spiro atoms. The number of amides is 1. The van der Waals surface area contributed by atoms with Crippen molar-refractivity contribution < 1.29 is 24.2 Å². The highest BCUT2D eigenvalue weighted by molar-refractivity contribution is 6.34. The number of carboxylic acid groups (broad SMARTS) is 1. The first-order valence-corrected chi connectivity index (χ1v) is 12.1. The molecule has 1 heterocycles. The van der Waals surface area contributed by atoms with E-state index in [2.05, 4.69) is 0 Å². The Morgan fingerprint density at radius 1 is 0.944 bits per heavy atom. The number of hydrogen-bond donors (Lipinski definition) is 1. The number of hydrogen-bond acceptors (Lipinski definition) is 4. The van der Waals surface area contributed by atoms with Crippen molar-refractivity contribution in [3.05, 3.63) is 106 Å². The predicted octanol–water partition coefficient (Wildman–Crippen LogP) is 5.97. The van der Waals surface area contributed by atoms with Gasteiger partial charge in [-0.15, -0.1) is 0 Å². The van der Waals surface area contributed by atoms with Gasteiger partial charge in [0.2, 0.25) is 5.91 Å². The summed E-state index contributed by atoms with van der Waals surface area (Å²) < 4.78 is 5.27. The van der Waals surface area contributed by atoms with Crippen LogP contribution in [0.1, 0.15) is 52.6 Å². The first-order valence-electron chi connectivity index (χ1n) is 11.7. The molecule has 0 saturated carbocycles. The summed E-state index contributed by atoms with van der Waals surface area (Å²) in [7, 11) is 1.58. The second-order valence-electron chi connectivity index (χ2n) is 9.03. The van der Waals surface area contributed by atoms with Gasteiger partial charge in [0.15, 0.2) is 5.78 Å². The normalized spacial score (nSPS) is 19.8. The van der Waals surface area contributed by atoms with E-state index in [9.17, 15) is 19.5 Å². The average molecular weight is 502 g/mol. The molecule has 2 atom stereocenters. The molecule has 1 aliphatic heterocycles. The maximum atomic E-state index is 13.7. The third kappa shape index (κ3) is 4.29. The molecule has 1 N–H and O–H groups in total. The van der Waals surface area contributed by atoms with Crippen LogP contribution in [0.25, 0.3) is 0 Å². The topological polar surface area (TPSA) is 83.9 Å². The highest BCUT2D eigenvalue weighted by atomic mass is 35.5. The highest BCUT2D eigenvalue weighted by Gasteiger charge is 2.43. The molecule has 182 valence electrons. The number of allylic oxidation sites excluding steroid dienone is 2. The molecule has 0 bridgehead atoms. The number of methoxy groups -OCH3 is 1. The minimum Gasteiger partial charge on any atom is -0.497 e. The van der Waals surface area contributed by atoms with Gasteiger partial charge in [0.25, 0.3) is 0 Å². The quantitative estimate of drug-likeness (QED) is 0.465. The van der Waals surface area contributed by atoms with Crippen molar-refractivity contribution in [1.82, 2.24) is 0 Å². The summed E-state index contributed by atoms with van der Waals surface area (Å²) in [6, 6.07) is 21.4. The van der Waals surface area contributed by atoms with Crippen molar-refractivity contribution in [2.24, 2.45) is 0 Å². The molecule has 0 fully saturated rings. The molecule has 2 aliphatic rings. The fourth-order valence-corrected chi connectivity index (χ4v) is 5.42. The number of carboxylic acids is 1. The fraction of sp³-hybridized carbons (Fsp3) is 0.207. The molecule has 36 heavy (non-hydrogen) atoms. The lowest BCUT2D eigenvalue weighted by atomic mass is 9.72. The minimum absolute atomic E-state index is 0.0170. The fourth-order valence-electron chi connectivity index (χ4n) is 5.21. The molecule has 0 radical (unpaired) electrons. The Morgan fingerprint density at radius 2 is 1.67 bits per heavy atom. The van der Waals surface area contributed by atoms with Crippen molar-refractivity contribution in [3.63, 3.8) is 0 Å². The zero-order chi connectivity index (χ0) is 25.4. The van der Waals surface area contributed by atoms with Gasteiger partial charge in [-0.3, -0.25) is 14.5 Å². The summed E-state index contributed by atoms with van der Waals surface area (Å²) in [5.74, 6) is -1.20. The van der Waals surface area contributed by atoms with Crippen LogP contribution < -0.4 is 9.64 Å². The van der Waals surface area contributed by atoms with Crippen LogP contribution in [0.5, 0.6) is 5.75 Å². The number of rotatable bonds is 5. The Morgan fingerprint density at radius 3 is 2.33 bits per heavy atom. The Bertz CT molecular complexity index is 1380. The number of ketones is 1. The van der Waals surface area contributed by atoms with Crippen molar-refractivity contribution in [3.8, 4) is 5.75 Å². The van der Waals surface area contributed by atoms with E-state index in [-0.39, 0.29) is 40.3 Å². The predicted molar refractivity (Wildman–Crippen MR) is 137 cm³/mol. The van der Waals surface area contributed by atoms with Gasteiger partial charge in [0.1, 0.15) is 5.75 Å². The number of carbonyl (C=O) groups excluding carboxylic acids is 2. The summed E-state index contributed by atoms with van der Waals surface area (Å²) in [5, 5.41) is 9.79. The second kappa shape index (κ2) is 9.63. The van der Waals surface area contributed by atoms with Gasteiger partial charge in [0.05, 0.1) is 23.4 Å². The smallest absolute Gasteiger partial charge is 0.335 e. The molecule has 1 aliphatic carbocycles. The van der Waals surface area contributed by atoms with Gasteiger partial charge in [-0.05, 0) is 53.8 Å². The number of benzene rings is 3. The summed E-state index contributed by atoms with van der Waals surface area (Å²) in [5.41, 5.74) is 3.34. The van der Waals surface area contributed by atoms with Crippen LogP contribution >= 0.6 is 11.6 Å². The van der Waals surface area contributed by atoms with E-state index in [0.717, 1.165) is 11.1 Å². The standard InChI is InChI=1S/C29H24ClNO5/c1-36-21-10-7-18(8-11-21)22-16-27(33)31(24-13-19(29(34)35)9-12-23(24)30)25-14-20(15-26(32)28(22)25)17-5-3-2-4-6-17/h2-13,20,22H,14-16H2,1H3,(H,34,35). The zero-order valence-electron chi connectivity index (χ0n) is 19.6. The number of halogens is 1. The Labute approximate surface area is 213 Å². The van der Waals surface area contributed by atoms with Crippen LogP contribution in [-0.2, 0) is 9.59 Å². The SMILES string of the molecule is COc1ccc(C2CC(=O)N(c3cc(C(=O)O)ccc3Cl)C3=C2C(=O)CC(c2ccccc2)C3)cc1. The Balaban J connectivity index is 1.67. The molecule has 0 aromatic heterocycles. The van der Waals surface area contributed by atoms with Crippen molar-refractivity contribution >= 4 is 34.9 Å². The maximum Gasteiger partial charge on any atom is 0.335 e. The van der Waals surface area contributed by atoms with E-state index >= 15 is 0 Å². The zero-order valence-corrected chi connectivity index (χ0v) is 20.4. The van der Waals surface area contributed by atoms with Gasteiger partial charge in [-0.2, -0.15) is 0 Å². The van der Waals surface area contributed by atoms with Gasteiger partial charge >= 0.3 is 5.97 Å². The average Bonchev–Trinajstić information content (AvgIpc) is 2.89. The van der Waals surface area contributed by atoms with Gasteiger partial charge in [-0.25, -0.2) is 4.79 Å². The van der Waals surface area contributed by atoms with E-state index in [1.807, 2.05) is 54.6 Å². The number of nitrogens with zero attached hydrogens (tertiary/aromatic N) is 1. The molecule has 0 saturated heterocycles. The number of anilines is 1. The van der Waals surface area contributed by atoms with Crippen LogP contribution in [0.15, 0.2) is 84.1 Å². The third-order valence-corrected chi connectivity index (χ3v) is 7.27. The first kappa shape index (κ1) is 23.8. The molecule has 3 aromatic rings. The van der Waals surface area contributed by atoms with Crippen molar-refractivity contribution in [1.29, 1.82) is 0 Å². The van der Waals surface area contributed by atoms with E-state index in [0.29, 0.717) is 29.9 Å².